The average molecular weight is 250 g/mol. The van der Waals surface area contributed by atoms with Gasteiger partial charge in [-0.3, -0.25) is 4.79 Å². The molecule has 2 rings (SSSR count). The SMILES string of the molecule is CCc1ccc(C(=O)N(C)C2CCC(N)CC2)o1. The molecule has 0 saturated heterocycles. The van der Waals surface area contributed by atoms with Gasteiger partial charge in [-0.25, -0.2) is 0 Å². The number of carbonyl (C=O) groups is 1. The van der Waals surface area contributed by atoms with Crippen LogP contribution in [0.15, 0.2) is 16.5 Å². The fraction of sp³-hybridized carbons (Fsp3) is 0.643. The molecule has 2 N–H and O–H groups in total. The van der Waals surface area contributed by atoms with E-state index >= 15 is 0 Å². The molecule has 100 valence electrons. The first-order chi connectivity index (χ1) is 8.61. The third-order valence-corrected chi connectivity index (χ3v) is 3.83. The van der Waals surface area contributed by atoms with Crippen LogP contribution in [0.25, 0.3) is 0 Å². The van der Waals surface area contributed by atoms with Crippen molar-refractivity contribution in [3.8, 4) is 0 Å². The van der Waals surface area contributed by atoms with Gasteiger partial charge in [-0.1, -0.05) is 6.92 Å². The molecule has 4 heteroatoms. The average Bonchev–Trinajstić information content (AvgIpc) is 2.86. The summed E-state index contributed by atoms with van der Waals surface area (Å²) in [4.78, 5) is 14.1. The summed E-state index contributed by atoms with van der Waals surface area (Å²) in [5, 5.41) is 0. The lowest BCUT2D eigenvalue weighted by Gasteiger charge is -2.33. The molecule has 0 atom stereocenters. The zero-order valence-corrected chi connectivity index (χ0v) is 11.2. The van der Waals surface area contributed by atoms with Crippen LogP contribution in [0.4, 0.5) is 0 Å². The van der Waals surface area contributed by atoms with Gasteiger partial charge in [-0.15, -0.1) is 0 Å². The van der Waals surface area contributed by atoms with Gasteiger partial charge in [0.15, 0.2) is 5.76 Å². The number of nitrogens with two attached hydrogens (primary N) is 1. The monoisotopic (exact) mass is 250 g/mol. The molecule has 1 amide bonds. The van der Waals surface area contributed by atoms with Gasteiger partial charge in [0.05, 0.1) is 0 Å². The molecule has 1 aromatic rings. The first-order valence-corrected chi connectivity index (χ1v) is 6.73. The molecule has 1 aromatic heterocycles. The zero-order valence-electron chi connectivity index (χ0n) is 11.2. The van der Waals surface area contributed by atoms with E-state index in [1.165, 1.54) is 0 Å². The van der Waals surface area contributed by atoms with Crippen molar-refractivity contribution in [2.75, 3.05) is 7.05 Å². The number of nitrogens with zero attached hydrogens (tertiary/aromatic N) is 1. The molecule has 4 nitrogen and oxygen atoms in total. The summed E-state index contributed by atoms with van der Waals surface area (Å²) in [6.45, 7) is 2.01. The summed E-state index contributed by atoms with van der Waals surface area (Å²) in [5.74, 6) is 1.29. The lowest BCUT2D eigenvalue weighted by molar-refractivity contribution is 0.0656. The lowest BCUT2D eigenvalue weighted by atomic mass is 9.91. The number of furan rings is 1. The second kappa shape index (κ2) is 5.57. The van der Waals surface area contributed by atoms with Crippen LogP contribution in [0.5, 0.6) is 0 Å². The van der Waals surface area contributed by atoms with Crippen LogP contribution in [0.3, 0.4) is 0 Å². The Kier molecular flexibility index (Phi) is 4.07. The predicted octanol–water partition coefficient (Wildman–Crippen LogP) is 2.18. The third-order valence-electron chi connectivity index (χ3n) is 3.83. The van der Waals surface area contributed by atoms with Crippen molar-refractivity contribution < 1.29 is 9.21 Å². The van der Waals surface area contributed by atoms with Crippen molar-refractivity contribution >= 4 is 5.91 Å². The molecular formula is C14H22N2O2. The molecule has 0 aromatic carbocycles. The molecule has 18 heavy (non-hydrogen) atoms. The fourth-order valence-corrected chi connectivity index (χ4v) is 2.51. The molecule has 1 fully saturated rings. The summed E-state index contributed by atoms with van der Waals surface area (Å²) in [6.07, 6.45) is 4.80. The maximum absolute atomic E-state index is 12.3. The van der Waals surface area contributed by atoms with Gasteiger partial charge in [-0.05, 0) is 37.8 Å². The van der Waals surface area contributed by atoms with Gasteiger partial charge in [0.1, 0.15) is 5.76 Å². The molecule has 1 aliphatic rings. The molecule has 0 bridgehead atoms. The largest absolute Gasteiger partial charge is 0.456 e. The first kappa shape index (κ1) is 13.1. The van der Waals surface area contributed by atoms with Crippen LogP contribution in [0, 0.1) is 0 Å². The van der Waals surface area contributed by atoms with Crippen molar-refractivity contribution in [1.29, 1.82) is 0 Å². The van der Waals surface area contributed by atoms with Crippen molar-refractivity contribution in [2.24, 2.45) is 5.73 Å². The van der Waals surface area contributed by atoms with Crippen LogP contribution in [0.1, 0.15) is 48.9 Å². The summed E-state index contributed by atoms with van der Waals surface area (Å²) in [7, 11) is 1.86. The molecule has 0 spiro atoms. The van der Waals surface area contributed by atoms with Crippen LogP contribution < -0.4 is 5.73 Å². The second-order valence-electron chi connectivity index (χ2n) is 5.10. The maximum atomic E-state index is 12.3. The molecule has 0 unspecified atom stereocenters. The second-order valence-corrected chi connectivity index (χ2v) is 5.10. The van der Waals surface area contributed by atoms with E-state index in [0.717, 1.165) is 37.9 Å². The molecule has 0 aliphatic heterocycles. The minimum atomic E-state index is -0.0184. The fourth-order valence-electron chi connectivity index (χ4n) is 2.51. The Morgan fingerprint density at radius 2 is 2.06 bits per heavy atom. The smallest absolute Gasteiger partial charge is 0.289 e. The van der Waals surface area contributed by atoms with Crippen molar-refractivity contribution in [1.82, 2.24) is 4.90 Å². The number of hydrogen-bond donors (Lipinski definition) is 1. The Labute approximate surface area is 108 Å². The summed E-state index contributed by atoms with van der Waals surface area (Å²) >= 11 is 0. The Morgan fingerprint density at radius 1 is 1.39 bits per heavy atom. The molecular weight excluding hydrogens is 228 g/mol. The Hall–Kier alpha value is -1.29. The molecule has 1 aliphatic carbocycles. The van der Waals surface area contributed by atoms with Crippen LogP contribution in [0.2, 0.25) is 0 Å². The van der Waals surface area contributed by atoms with E-state index in [2.05, 4.69) is 0 Å². The molecule has 0 radical (unpaired) electrons. The van der Waals surface area contributed by atoms with E-state index in [0.29, 0.717) is 17.8 Å². The summed E-state index contributed by atoms with van der Waals surface area (Å²) < 4.78 is 5.51. The minimum Gasteiger partial charge on any atom is -0.456 e. The van der Waals surface area contributed by atoms with Gasteiger partial charge < -0.3 is 15.1 Å². The van der Waals surface area contributed by atoms with E-state index in [-0.39, 0.29) is 5.91 Å². The highest BCUT2D eigenvalue weighted by atomic mass is 16.4. The topological polar surface area (TPSA) is 59.5 Å². The number of aryl methyl sites for hydroxylation is 1. The molecule has 1 saturated carbocycles. The van der Waals surface area contributed by atoms with Crippen molar-refractivity contribution in [3.63, 3.8) is 0 Å². The van der Waals surface area contributed by atoms with E-state index in [9.17, 15) is 4.79 Å². The molecule has 1 heterocycles. The van der Waals surface area contributed by atoms with Gasteiger partial charge in [-0.2, -0.15) is 0 Å². The highest BCUT2D eigenvalue weighted by Crippen LogP contribution is 2.23. The van der Waals surface area contributed by atoms with E-state index < -0.39 is 0 Å². The number of amides is 1. The summed E-state index contributed by atoms with van der Waals surface area (Å²) in [5.41, 5.74) is 5.88. The Bertz CT molecular complexity index is 406. The van der Waals surface area contributed by atoms with E-state index in [1.54, 1.807) is 6.07 Å². The van der Waals surface area contributed by atoms with Crippen LogP contribution in [-0.4, -0.2) is 29.9 Å². The lowest BCUT2D eigenvalue weighted by Crippen LogP contribution is -2.41. The quantitative estimate of drug-likeness (QED) is 0.894. The highest BCUT2D eigenvalue weighted by molar-refractivity contribution is 5.91. The van der Waals surface area contributed by atoms with Crippen LogP contribution in [-0.2, 0) is 6.42 Å². The van der Waals surface area contributed by atoms with Crippen molar-refractivity contribution in [3.05, 3.63) is 23.7 Å². The number of hydrogen-bond acceptors (Lipinski definition) is 3. The highest BCUT2D eigenvalue weighted by Gasteiger charge is 2.26. The van der Waals surface area contributed by atoms with E-state index in [4.69, 9.17) is 10.2 Å². The normalized spacial score (nSPS) is 23.9. The van der Waals surface area contributed by atoms with Gasteiger partial charge >= 0.3 is 0 Å². The van der Waals surface area contributed by atoms with Crippen molar-refractivity contribution in [2.45, 2.75) is 51.1 Å². The third kappa shape index (κ3) is 2.75. The van der Waals surface area contributed by atoms with Crippen LogP contribution >= 0.6 is 0 Å². The predicted molar refractivity (Wildman–Crippen MR) is 70.4 cm³/mol. The standard InChI is InChI=1S/C14H22N2O2/c1-3-12-8-9-13(18-12)14(17)16(2)11-6-4-10(15)5-7-11/h8-11H,3-7,15H2,1-2H3. The van der Waals surface area contributed by atoms with Gasteiger partial charge in [0.25, 0.3) is 5.91 Å². The zero-order chi connectivity index (χ0) is 13.1. The Balaban J connectivity index is 1.99. The summed E-state index contributed by atoms with van der Waals surface area (Å²) in [6, 6.07) is 4.25. The van der Waals surface area contributed by atoms with E-state index in [1.807, 2.05) is 24.9 Å². The minimum absolute atomic E-state index is 0.0184. The van der Waals surface area contributed by atoms with Gasteiger partial charge in [0, 0.05) is 25.6 Å². The Morgan fingerprint density at radius 3 is 2.61 bits per heavy atom. The maximum Gasteiger partial charge on any atom is 0.289 e. The number of carbonyl (C=O) groups excluding carboxylic acids is 1. The first-order valence-electron chi connectivity index (χ1n) is 6.73. The number of rotatable bonds is 3. The van der Waals surface area contributed by atoms with Gasteiger partial charge in [0.2, 0.25) is 0 Å².